The van der Waals surface area contributed by atoms with E-state index in [9.17, 15) is 4.79 Å². The first kappa shape index (κ1) is 15.6. The molecule has 3 nitrogen and oxygen atoms in total. The fourth-order valence-electron chi connectivity index (χ4n) is 2.54. The summed E-state index contributed by atoms with van der Waals surface area (Å²) in [6, 6.07) is 22.3. The van der Waals surface area contributed by atoms with E-state index >= 15 is 0 Å². The Morgan fingerprint density at radius 3 is 2.46 bits per heavy atom. The smallest absolute Gasteiger partial charge is 0.382 e. The lowest BCUT2D eigenvalue weighted by Crippen LogP contribution is -2.04. The Hall–Kier alpha value is -3.25. The molecule has 118 valence electrons. The monoisotopic (exact) mass is 315 g/mol. The van der Waals surface area contributed by atoms with Crippen molar-refractivity contribution in [3.63, 3.8) is 0 Å². The fourth-order valence-corrected chi connectivity index (χ4v) is 2.54. The molecule has 24 heavy (non-hydrogen) atoms. The van der Waals surface area contributed by atoms with Crippen molar-refractivity contribution >= 4 is 22.4 Å². The van der Waals surface area contributed by atoms with Crippen LogP contribution in [0.1, 0.15) is 11.1 Å². The SMILES string of the molecule is O=C(O)C#Cc1ccc(NCCc2ccc3ccccc3c2)cc1. The summed E-state index contributed by atoms with van der Waals surface area (Å²) in [6.45, 7) is 0.832. The van der Waals surface area contributed by atoms with Gasteiger partial charge in [-0.3, -0.25) is 0 Å². The Morgan fingerprint density at radius 1 is 0.958 bits per heavy atom. The zero-order chi connectivity index (χ0) is 16.8. The van der Waals surface area contributed by atoms with Crippen LogP contribution >= 0.6 is 0 Å². The highest BCUT2D eigenvalue weighted by atomic mass is 16.4. The minimum Gasteiger partial charge on any atom is -0.472 e. The number of carboxylic acids is 1. The Kier molecular flexibility index (Phi) is 4.78. The van der Waals surface area contributed by atoms with Crippen molar-refractivity contribution in [3.05, 3.63) is 77.9 Å². The molecule has 0 saturated carbocycles. The molecule has 3 aromatic carbocycles. The topological polar surface area (TPSA) is 49.3 Å². The second-order valence-corrected chi connectivity index (χ2v) is 5.49. The molecule has 0 aliphatic rings. The van der Waals surface area contributed by atoms with Crippen LogP contribution in [-0.4, -0.2) is 17.6 Å². The maximum absolute atomic E-state index is 10.4. The van der Waals surface area contributed by atoms with E-state index in [4.69, 9.17) is 5.11 Å². The number of anilines is 1. The number of carbonyl (C=O) groups is 1. The fraction of sp³-hybridized carbons (Fsp3) is 0.0952. The highest BCUT2D eigenvalue weighted by Crippen LogP contribution is 2.16. The predicted octanol–water partition coefficient (Wildman–Crippen LogP) is 3.93. The summed E-state index contributed by atoms with van der Waals surface area (Å²) >= 11 is 0. The van der Waals surface area contributed by atoms with Crippen molar-refractivity contribution < 1.29 is 9.90 Å². The van der Waals surface area contributed by atoms with Gasteiger partial charge < -0.3 is 10.4 Å². The third-order valence-electron chi connectivity index (χ3n) is 3.76. The van der Waals surface area contributed by atoms with Gasteiger partial charge in [-0.1, -0.05) is 48.4 Å². The summed E-state index contributed by atoms with van der Waals surface area (Å²) in [5.74, 6) is 3.58. The number of hydrogen-bond acceptors (Lipinski definition) is 2. The van der Waals surface area contributed by atoms with Crippen LogP contribution in [0.2, 0.25) is 0 Å². The summed E-state index contributed by atoms with van der Waals surface area (Å²) in [5.41, 5.74) is 2.99. The molecule has 0 spiro atoms. The molecule has 0 aromatic heterocycles. The molecular formula is C21H17NO2. The number of fused-ring (bicyclic) bond motifs is 1. The van der Waals surface area contributed by atoms with Crippen molar-refractivity contribution in [2.75, 3.05) is 11.9 Å². The van der Waals surface area contributed by atoms with E-state index in [1.165, 1.54) is 16.3 Å². The minimum absolute atomic E-state index is 0.692. The van der Waals surface area contributed by atoms with Crippen LogP contribution in [0.3, 0.4) is 0 Å². The third kappa shape index (κ3) is 4.15. The summed E-state index contributed by atoms with van der Waals surface area (Å²) < 4.78 is 0. The minimum atomic E-state index is -1.12. The summed E-state index contributed by atoms with van der Waals surface area (Å²) in [7, 11) is 0. The third-order valence-corrected chi connectivity index (χ3v) is 3.76. The van der Waals surface area contributed by atoms with Crippen molar-refractivity contribution in [1.29, 1.82) is 0 Å². The maximum Gasteiger partial charge on any atom is 0.382 e. The van der Waals surface area contributed by atoms with Gasteiger partial charge in [-0.05, 0) is 47.0 Å². The first-order valence-electron chi connectivity index (χ1n) is 7.77. The molecule has 0 bridgehead atoms. The standard InChI is InChI=1S/C21H17NO2/c23-21(24)12-8-16-6-10-20(11-7-16)22-14-13-17-5-9-18-3-1-2-4-19(18)15-17/h1-7,9-11,15,22H,13-14H2,(H,23,24). The Bertz CT molecular complexity index is 918. The van der Waals surface area contributed by atoms with Crippen LogP contribution < -0.4 is 5.32 Å². The average Bonchev–Trinajstić information content (AvgIpc) is 2.61. The lowest BCUT2D eigenvalue weighted by atomic mass is 10.1. The van der Waals surface area contributed by atoms with Crippen molar-refractivity contribution in [3.8, 4) is 11.8 Å². The van der Waals surface area contributed by atoms with Crippen LogP contribution in [0.4, 0.5) is 5.69 Å². The molecule has 3 rings (SSSR count). The van der Waals surface area contributed by atoms with Gasteiger partial charge in [0.25, 0.3) is 0 Å². The van der Waals surface area contributed by atoms with Crippen LogP contribution in [0, 0.1) is 11.8 Å². The maximum atomic E-state index is 10.4. The number of rotatable bonds is 4. The van der Waals surface area contributed by atoms with Gasteiger partial charge in [0.05, 0.1) is 0 Å². The molecule has 3 aromatic rings. The second-order valence-electron chi connectivity index (χ2n) is 5.49. The molecule has 0 radical (unpaired) electrons. The first-order valence-corrected chi connectivity index (χ1v) is 7.77. The van der Waals surface area contributed by atoms with Gasteiger partial charge in [0.2, 0.25) is 0 Å². The van der Waals surface area contributed by atoms with E-state index in [1.807, 2.05) is 30.3 Å². The molecular weight excluding hydrogens is 298 g/mol. The number of nitrogens with one attached hydrogen (secondary N) is 1. The zero-order valence-corrected chi connectivity index (χ0v) is 13.1. The zero-order valence-electron chi connectivity index (χ0n) is 13.1. The largest absolute Gasteiger partial charge is 0.472 e. The summed E-state index contributed by atoms with van der Waals surface area (Å²) in [5, 5.41) is 14.4. The number of carboxylic acid groups (broad SMARTS) is 1. The lowest BCUT2D eigenvalue weighted by molar-refractivity contribution is -0.130. The Morgan fingerprint density at radius 2 is 1.71 bits per heavy atom. The molecule has 0 fully saturated rings. The van der Waals surface area contributed by atoms with E-state index < -0.39 is 5.97 Å². The lowest BCUT2D eigenvalue weighted by Gasteiger charge is -2.07. The molecule has 0 atom stereocenters. The van der Waals surface area contributed by atoms with E-state index in [0.717, 1.165) is 18.7 Å². The number of hydrogen-bond donors (Lipinski definition) is 2. The first-order chi connectivity index (χ1) is 11.7. The van der Waals surface area contributed by atoms with Gasteiger partial charge in [-0.15, -0.1) is 0 Å². The van der Waals surface area contributed by atoms with Crippen molar-refractivity contribution in [2.24, 2.45) is 0 Å². The van der Waals surface area contributed by atoms with Crippen molar-refractivity contribution in [2.45, 2.75) is 6.42 Å². The highest BCUT2D eigenvalue weighted by molar-refractivity contribution is 5.87. The van der Waals surface area contributed by atoms with Gasteiger partial charge in [0.15, 0.2) is 0 Å². The van der Waals surface area contributed by atoms with Gasteiger partial charge in [-0.25, -0.2) is 4.79 Å². The number of aliphatic carboxylic acids is 1. The summed E-state index contributed by atoms with van der Waals surface area (Å²) in [4.78, 5) is 10.4. The van der Waals surface area contributed by atoms with Gasteiger partial charge >= 0.3 is 5.97 Å². The molecule has 0 aliphatic carbocycles. The van der Waals surface area contributed by atoms with Gasteiger partial charge in [0, 0.05) is 23.7 Å². The molecule has 0 saturated heterocycles. The van der Waals surface area contributed by atoms with Crippen LogP contribution in [0.15, 0.2) is 66.7 Å². The Labute approximate surface area is 140 Å². The van der Waals surface area contributed by atoms with E-state index in [1.54, 1.807) is 0 Å². The van der Waals surface area contributed by atoms with Gasteiger partial charge in [-0.2, -0.15) is 0 Å². The van der Waals surface area contributed by atoms with Crippen LogP contribution in [-0.2, 0) is 11.2 Å². The predicted molar refractivity (Wildman–Crippen MR) is 97.1 cm³/mol. The van der Waals surface area contributed by atoms with E-state index in [0.29, 0.717) is 5.56 Å². The summed E-state index contributed by atoms with van der Waals surface area (Å²) in [6.07, 6.45) is 0.936. The molecule has 0 heterocycles. The molecule has 0 amide bonds. The highest BCUT2D eigenvalue weighted by Gasteiger charge is 1.97. The quantitative estimate of drug-likeness (QED) is 0.717. The van der Waals surface area contributed by atoms with E-state index in [-0.39, 0.29) is 0 Å². The molecule has 3 heteroatoms. The molecule has 0 aliphatic heterocycles. The number of benzene rings is 3. The van der Waals surface area contributed by atoms with E-state index in [2.05, 4.69) is 53.6 Å². The Balaban J connectivity index is 1.57. The van der Waals surface area contributed by atoms with Gasteiger partial charge in [0.1, 0.15) is 0 Å². The van der Waals surface area contributed by atoms with Crippen molar-refractivity contribution in [1.82, 2.24) is 0 Å². The van der Waals surface area contributed by atoms with Crippen LogP contribution in [0.25, 0.3) is 10.8 Å². The van der Waals surface area contributed by atoms with Crippen LogP contribution in [0.5, 0.6) is 0 Å². The second kappa shape index (κ2) is 7.34. The normalized spacial score (nSPS) is 10.0. The molecule has 2 N–H and O–H groups in total. The average molecular weight is 315 g/mol. The molecule has 0 unspecified atom stereocenters.